The molecule has 0 aliphatic heterocycles. The van der Waals surface area contributed by atoms with Gasteiger partial charge in [0.2, 0.25) is 0 Å². The Morgan fingerprint density at radius 3 is 2.33 bits per heavy atom. The molecule has 2 N–H and O–H groups in total. The molecule has 7 nitrogen and oxygen atoms in total. The van der Waals surface area contributed by atoms with Crippen LogP contribution in [0.2, 0.25) is 0 Å². The van der Waals surface area contributed by atoms with Gasteiger partial charge in [0.25, 0.3) is 11.8 Å². The molecule has 2 heterocycles. The summed E-state index contributed by atoms with van der Waals surface area (Å²) in [4.78, 5) is 32.6. The predicted molar refractivity (Wildman–Crippen MR) is 102 cm³/mol. The standard InChI is InChI=1S/C20H18N4O3/c1-13-10-18(24-19(25)14-5-7-16(27-2)8-6-14)22-12-17(13)23-20(26)15-4-3-9-21-11-15/h3-12H,1-2H3,(H,23,26)(H,22,24,25). The molecule has 0 unspecified atom stereocenters. The molecule has 2 aromatic heterocycles. The van der Waals surface area contributed by atoms with Crippen molar-refractivity contribution in [3.63, 3.8) is 0 Å². The zero-order valence-corrected chi connectivity index (χ0v) is 14.9. The number of amides is 2. The minimum absolute atomic E-state index is 0.275. The van der Waals surface area contributed by atoms with Gasteiger partial charge in [-0.3, -0.25) is 14.6 Å². The molecule has 27 heavy (non-hydrogen) atoms. The summed E-state index contributed by atoms with van der Waals surface area (Å²) < 4.78 is 5.08. The molecule has 0 aliphatic rings. The molecular formula is C20H18N4O3. The number of hydrogen-bond donors (Lipinski definition) is 2. The first kappa shape index (κ1) is 18.1. The average molecular weight is 362 g/mol. The second-order valence-corrected chi connectivity index (χ2v) is 5.76. The van der Waals surface area contributed by atoms with E-state index in [1.165, 1.54) is 12.4 Å². The minimum atomic E-state index is -0.281. The second-order valence-electron chi connectivity index (χ2n) is 5.76. The highest BCUT2D eigenvalue weighted by Gasteiger charge is 2.11. The Morgan fingerprint density at radius 2 is 1.70 bits per heavy atom. The molecule has 3 aromatic rings. The second kappa shape index (κ2) is 8.09. The number of ether oxygens (including phenoxy) is 1. The van der Waals surface area contributed by atoms with Crippen molar-refractivity contribution in [2.24, 2.45) is 0 Å². The molecule has 0 atom stereocenters. The number of pyridine rings is 2. The van der Waals surface area contributed by atoms with Crippen molar-refractivity contribution in [2.75, 3.05) is 17.7 Å². The van der Waals surface area contributed by atoms with E-state index in [0.29, 0.717) is 28.4 Å². The number of methoxy groups -OCH3 is 1. The maximum atomic E-state index is 12.3. The monoisotopic (exact) mass is 362 g/mol. The summed E-state index contributed by atoms with van der Waals surface area (Å²) in [5.74, 6) is 0.515. The summed E-state index contributed by atoms with van der Waals surface area (Å²) in [7, 11) is 1.57. The van der Waals surface area contributed by atoms with Crippen molar-refractivity contribution in [3.8, 4) is 5.75 Å². The first-order chi connectivity index (χ1) is 13.1. The Hall–Kier alpha value is -3.74. The molecular weight excluding hydrogens is 344 g/mol. The number of rotatable bonds is 5. The molecule has 7 heteroatoms. The highest BCUT2D eigenvalue weighted by atomic mass is 16.5. The molecule has 3 rings (SSSR count). The molecule has 0 spiro atoms. The van der Waals surface area contributed by atoms with Gasteiger partial charge in [-0.1, -0.05) is 0 Å². The van der Waals surface area contributed by atoms with Crippen molar-refractivity contribution in [2.45, 2.75) is 6.92 Å². The lowest BCUT2D eigenvalue weighted by Crippen LogP contribution is -2.15. The predicted octanol–water partition coefficient (Wildman–Crippen LogP) is 3.30. The van der Waals surface area contributed by atoms with Gasteiger partial charge in [-0.2, -0.15) is 0 Å². The first-order valence-electron chi connectivity index (χ1n) is 8.20. The maximum absolute atomic E-state index is 12.3. The Labute approximate surface area is 156 Å². The van der Waals surface area contributed by atoms with E-state index in [0.717, 1.165) is 5.56 Å². The largest absolute Gasteiger partial charge is 0.497 e. The van der Waals surface area contributed by atoms with Crippen LogP contribution in [-0.2, 0) is 0 Å². The minimum Gasteiger partial charge on any atom is -0.497 e. The van der Waals surface area contributed by atoms with Gasteiger partial charge >= 0.3 is 0 Å². The first-order valence-corrected chi connectivity index (χ1v) is 8.20. The third kappa shape index (κ3) is 4.46. The number of nitrogens with one attached hydrogen (secondary N) is 2. The summed E-state index contributed by atoms with van der Waals surface area (Å²) >= 11 is 0. The van der Waals surface area contributed by atoms with Gasteiger partial charge in [0.15, 0.2) is 0 Å². The zero-order valence-electron chi connectivity index (χ0n) is 14.9. The number of benzene rings is 1. The van der Waals surface area contributed by atoms with E-state index < -0.39 is 0 Å². The Balaban J connectivity index is 1.68. The van der Waals surface area contributed by atoms with Crippen LogP contribution in [0.4, 0.5) is 11.5 Å². The van der Waals surface area contributed by atoms with Gasteiger partial charge in [0.1, 0.15) is 11.6 Å². The third-order valence-electron chi connectivity index (χ3n) is 3.88. The quantitative estimate of drug-likeness (QED) is 0.726. The van der Waals surface area contributed by atoms with Crippen LogP contribution in [0.25, 0.3) is 0 Å². The number of nitrogens with zero attached hydrogens (tertiary/aromatic N) is 2. The van der Waals surface area contributed by atoms with Crippen LogP contribution >= 0.6 is 0 Å². The number of aromatic nitrogens is 2. The van der Waals surface area contributed by atoms with Crippen molar-refractivity contribution in [1.82, 2.24) is 9.97 Å². The van der Waals surface area contributed by atoms with Crippen LogP contribution < -0.4 is 15.4 Å². The van der Waals surface area contributed by atoms with Crippen molar-refractivity contribution >= 4 is 23.3 Å². The van der Waals surface area contributed by atoms with Gasteiger partial charge in [-0.25, -0.2) is 4.98 Å². The normalized spacial score (nSPS) is 10.1. The van der Waals surface area contributed by atoms with E-state index in [-0.39, 0.29) is 11.8 Å². The number of anilines is 2. The summed E-state index contributed by atoms with van der Waals surface area (Å²) in [5.41, 5.74) is 2.27. The lowest BCUT2D eigenvalue weighted by molar-refractivity contribution is 0.101. The molecule has 0 fully saturated rings. The molecule has 1 aromatic carbocycles. The highest BCUT2D eigenvalue weighted by molar-refractivity contribution is 6.05. The Kier molecular flexibility index (Phi) is 5.41. The summed E-state index contributed by atoms with van der Waals surface area (Å²) in [6.07, 6.45) is 4.60. The van der Waals surface area contributed by atoms with Crippen LogP contribution in [0.3, 0.4) is 0 Å². The van der Waals surface area contributed by atoms with E-state index >= 15 is 0 Å². The van der Waals surface area contributed by atoms with Gasteiger partial charge < -0.3 is 15.4 Å². The highest BCUT2D eigenvalue weighted by Crippen LogP contribution is 2.19. The SMILES string of the molecule is COc1ccc(C(=O)Nc2cc(C)c(NC(=O)c3cccnc3)cn2)cc1. The summed E-state index contributed by atoms with van der Waals surface area (Å²) in [5, 5.41) is 5.52. The van der Waals surface area contributed by atoms with E-state index in [9.17, 15) is 9.59 Å². The van der Waals surface area contributed by atoms with Crippen molar-refractivity contribution in [3.05, 3.63) is 77.7 Å². The number of hydrogen-bond acceptors (Lipinski definition) is 5. The van der Waals surface area contributed by atoms with E-state index in [1.807, 2.05) is 6.92 Å². The van der Waals surface area contributed by atoms with Crippen LogP contribution in [-0.4, -0.2) is 28.9 Å². The number of carbonyl (C=O) groups is 2. The fourth-order valence-corrected chi connectivity index (χ4v) is 2.38. The Bertz CT molecular complexity index is 957. The topological polar surface area (TPSA) is 93.2 Å². The summed E-state index contributed by atoms with van der Waals surface area (Å²) in [6.45, 7) is 1.82. The van der Waals surface area contributed by atoms with E-state index in [4.69, 9.17) is 4.74 Å². The molecule has 0 bridgehead atoms. The number of carbonyl (C=O) groups excluding carboxylic acids is 2. The van der Waals surface area contributed by atoms with Crippen LogP contribution in [0, 0.1) is 6.92 Å². The maximum Gasteiger partial charge on any atom is 0.257 e. The van der Waals surface area contributed by atoms with Crippen LogP contribution in [0.5, 0.6) is 5.75 Å². The fourth-order valence-electron chi connectivity index (χ4n) is 2.38. The molecule has 2 amide bonds. The van der Waals surface area contributed by atoms with Gasteiger partial charge in [-0.05, 0) is 55.0 Å². The smallest absolute Gasteiger partial charge is 0.257 e. The lowest BCUT2D eigenvalue weighted by Gasteiger charge is -2.10. The van der Waals surface area contributed by atoms with Gasteiger partial charge in [0, 0.05) is 18.0 Å². The Morgan fingerprint density at radius 1 is 0.963 bits per heavy atom. The summed E-state index contributed by atoms with van der Waals surface area (Å²) in [6, 6.07) is 11.8. The van der Waals surface area contributed by atoms with Crippen LogP contribution in [0.1, 0.15) is 26.3 Å². The van der Waals surface area contributed by atoms with Crippen molar-refractivity contribution < 1.29 is 14.3 Å². The lowest BCUT2D eigenvalue weighted by atomic mass is 10.2. The van der Waals surface area contributed by atoms with E-state index in [1.54, 1.807) is 55.8 Å². The number of aryl methyl sites for hydroxylation is 1. The van der Waals surface area contributed by atoms with Crippen LogP contribution in [0.15, 0.2) is 61.1 Å². The molecule has 136 valence electrons. The van der Waals surface area contributed by atoms with Crippen molar-refractivity contribution in [1.29, 1.82) is 0 Å². The molecule has 0 radical (unpaired) electrons. The molecule has 0 saturated heterocycles. The van der Waals surface area contributed by atoms with Gasteiger partial charge in [-0.15, -0.1) is 0 Å². The molecule has 0 aliphatic carbocycles. The molecule has 0 saturated carbocycles. The van der Waals surface area contributed by atoms with Gasteiger partial charge in [0.05, 0.1) is 24.6 Å². The third-order valence-corrected chi connectivity index (χ3v) is 3.88. The fraction of sp³-hybridized carbons (Fsp3) is 0.100. The zero-order chi connectivity index (χ0) is 19.2. The van der Waals surface area contributed by atoms with E-state index in [2.05, 4.69) is 20.6 Å². The average Bonchev–Trinajstić information content (AvgIpc) is 2.70.